The van der Waals surface area contributed by atoms with Gasteiger partial charge in [0, 0.05) is 31.4 Å². The number of nitrogens with zero attached hydrogens (tertiary/aromatic N) is 3. The second-order valence-corrected chi connectivity index (χ2v) is 5.85. The molecule has 2 unspecified atom stereocenters. The molecule has 5 nitrogen and oxygen atoms in total. The van der Waals surface area contributed by atoms with Gasteiger partial charge in [0.1, 0.15) is 0 Å². The first-order chi connectivity index (χ1) is 9.26. The van der Waals surface area contributed by atoms with E-state index < -0.39 is 0 Å². The predicted molar refractivity (Wildman–Crippen MR) is 75.3 cm³/mol. The Morgan fingerprint density at radius 2 is 2.11 bits per heavy atom. The molecule has 106 valence electrons. The Morgan fingerprint density at radius 1 is 1.37 bits per heavy atom. The molecule has 3 rings (SSSR count). The van der Waals surface area contributed by atoms with Crippen LogP contribution < -0.4 is 5.32 Å². The number of anilines is 1. The standard InChI is InChI=1S/C14H24N4O/c1-17-13-3-4-14(17)8-11(7-13)16-12-9-15-18(10-12)5-6-19-2/h9-11,13-14,16H,3-8H2,1-2H3. The number of aromatic nitrogens is 2. The average molecular weight is 264 g/mol. The normalized spacial score (nSPS) is 30.7. The van der Waals surface area contributed by atoms with Crippen LogP contribution in [0.25, 0.3) is 0 Å². The quantitative estimate of drug-likeness (QED) is 0.876. The van der Waals surface area contributed by atoms with Gasteiger partial charge in [0.15, 0.2) is 0 Å². The van der Waals surface area contributed by atoms with Crippen LogP contribution in [0, 0.1) is 0 Å². The molecule has 0 spiro atoms. The predicted octanol–water partition coefficient (Wildman–Crippen LogP) is 1.57. The van der Waals surface area contributed by atoms with Crippen molar-refractivity contribution in [3.63, 3.8) is 0 Å². The minimum atomic E-state index is 0.605. The number of ether oxygens (including phenoxy) is 1. The van der Waals surface area contributed by atoms with Gasteiger partial charge in [-0.05, 0) is 32.7 Å². The molecule has 2 aliphatic rings. The summed E-state index contributed by atoms with van der Waals surface area (Å²) in [5.74, 6) is 0. The minimum absolute atomic E-state index is 0.605. The van der Waals surface area contributed by atoms with Gasteiger partial charge in [-0.2, -0.15) is 5.10 Å². The van der Waals surface area contributed by atoms with Crippen LogP contribution in [0.2, 0.25) is 0 Å². The summed E-state index contributed by atoms with van der Waals surface area (Å²) in [5, 5.41) is 8.00. The average Bonchev–Trinajstić information content (AvgIpc) is 2.90. The van der Waals surface area contributed by atoms with Crippen molar-refractivity contribution in [2.75, 3.05) is 26.1 Å². The largest absolute Gasteiger partial charge is 0.383 e. The summed E-state index contributed by atoms with van der Waals surface area (Å²) in [7, 11) is 4.00. The van der Waals surface area contributed by atoms with E-state index >= 15 is 0 Å². The Bertz CT molecular complexity index is 405. The van der Waals surface area contributed by atoms with E-state index in [1.165, 1.54) is 25.7 Å². The van der Waals surface area contributed by atoms with Crippen LogP contribution >= 0.6 is 0 Å². The molecule has 2 saturated heterocycles. The second-order valence-electron chi connectivity index (χ2n) is 5.85. The van der Waals surface area contributed by atoms with Crippen LogP contribution in [0.15, 0.2) is 12.4 Å². The first kappa shape index (κ1) is 12.9. The number of nitrogens with one attached hydrogen (secondary N) is 1. The van der Waals surface area contributed by atoms with Crippen LogP contribution in [0.1, 0.15) is 25.7 Å². The van der Waals surface area contributed by atoms with Gasteiger partial charge in [-0.1, -0.05) is 0 Å². The summed E-state index contributed by atoms with van der Waals surface area (Å²) in [6.45, 7) is 1.52. The third-order valence-electron chi connectivity index (χ3n) is 4.63. The Kier molecular flexibility index (Phi) is 3.75. The van der Waals surface area contributed by atoms with Crippen LogP contribution in [0.4, 0.5) is 5.69 Å². The Labute approximate surface area is 114 Å². The summed E-state index contributed by atoms with van der Waals surface area (Å²) in [6.07, 6.45) is 9.26. The number of methoxy groups -OCH3 is 1. The summed E-state index contributed by atoms with van der Waals surface area (Å²) >= 11 is 0. The molecule has 0 radical (unpaired) electrons. The molecule has 0 aliphatic carbocycles. The van der Waals surface area contributed by atoms with Crippen molar-refractivity contribution in [2.45, 2.75) is 50.4 Å². The highest BCUT2D eigenvalue weighted by Gasteiger charge is 2.38. The van der Waals surface area contributed by atoms with Crippen molar-refractivity contribution in [1.29, 1.82) is 0 Å². The van der Waals surface area contributed by atoms with Crippen molar-refractivity contribution < 1.29 is 4.74 Å². The molecule has 1 N–H and O–H groups in total. The molecular formula is C14H24N4O. The Hall–Kier alpha value is -1.07. The fourth-order valence-electron chi connectivity index (χ4n) is 3.51. The minimum Gasteiger partial charge on any atom is -0.383 e. The third kappa shape index (κ3) is 2.77. The molecule has 2 aliphatic heterocycles. The van der Waals surface area contributed by atoms with Gasteiger partial charge in [0.2, 0.25) is 0 Å². The van der Waals surface area contributed by atoms with E-state index in [1.807, 2.05) is 10.9 Å². The summed E-state index contributed by atoms with van der Waals surface area (Å²) in [6, 6.07) is 2.16. The summed E-state index contributed by atoms with van der Waals surface area (Å²) in [4.78, 5) is 2.57. The van der Waals surface area contributed by atoms with Crippen LogP contribution in [0.5, 0.6) is 0 Å². The lowest BCUT2D eigenvalue weighted by molar-refractivity contribution is 0.169. The highest BCUT2D eigenvalue weighted by Crippen LogP contribution is 2.35. The van der Waals surface area contributed by atoms with E-state index in [-0.39, 0.29) is 0 Å². The maximum atomic E-state index is 5.07. The van der Waals surface area contributed by atoms with E-state index in [9.17, 15) is 0 Å². The SMILES string of the molecule is COCCn1cc(NC2CC3CCC(C2)N3C)cn1. The van der Waals surface area contributed by atoms with Crippen molar-refractivity contribution in [1.82, 2.24) is 14.7 Å². The fraction of sp³-hybridized carbons (Fsp3) is 0.786. The second kappa shape index (κ2) is 5.51. The highest BCUT2D eigenvalue weighted by molar-refractivity contribution is 5.39. The van der Waals surface area contributed by atoms with Gasteiger partial charge in [-0.3, -0.25) is 4.68 Å². The lowest BCUT2D eigenvalue weighted by Gasteiger charge is -2.36. The first-order valence-electron chi connectivity index (χ1n) is 7.26. The number of fused-ring (bicyclic) bond motifs is 2. The highest BCUT2D eigenvalue weighted by atomic mass is 16.5. The van der Waals surface area contributed by atoms with Gasteiger partial charge >= 0.3 is 0 Å². The molecule has 19 heavy (non-hydrogen) atoms. The van der Waals surface area contributed by atoms with Crippen molar-refractivity contribution in [3.05, 3.63) is 12.4 Å². The van der Waals surface area contributed by atoms with E-state index in [2.05, 4.69) is 28.6 Å². The number of hydrogen-bond acceptors (Lipinski definition) is 4. The maximum Gasteiger partial charge on any atom is 0.0728 e. The van der Waals surface area contributed by atoms with E-state index in [0.717, 1.165) is 24.3 Å². The number of piperidine rings is 1. The van der Waals surface area contributed by atoms with E-state index in [0.29, 0.717) is 12.6 Å². The van der Waals surface area contributed by atoms with Crippen molar-refractivity contribution in [2.24, 2.45) is 0 Å². The molecule has 2 atom stereocenters. The molecular weight excluding hydrogens is 240 g/mol. The fourth-order valence-corrected chi connectivity index (χ4v) is 3.51. The monoisotopic (exact) mass is 264 g/mol. The van der Waals surface area contributed by atoms with E-state index in [4.69, 9.17) is 4.74 Å². The van der Waals surface area contributed by atoms with Gasteiger partial charge in [-0.25, -0.2) is 0 Å². The van der Waals surface area contributed by atoms with Crippen LogP contribution in [-0.2, 0) is 11.3 Å². The van der Waals surface area contributed by atoms with Crippen LogP contribution in [-0.4, -0.2) is 53.6 Å². The lowest BCUT2D eigenvalue weighted by atomic mass is 9.98. The first-order valence-corrected chi connectivity index (χ1v) is 7.26. The zero-order valence-corrected chi connectivity index (χ0v) is 11.9. The number of hydrogen-bond donors (Lipinski definition) is 1. The molecule has 0 saturated carbocycles. The summed E-state index contributed by atoms with van der Waals surface area (Å²) in [5.41, 5.74) is 1.14. The Morgan fingerprint density at radius 3 is 2.79 bits per heavy atom. The molecule has 2 bridgehead atoms. The van der Waals surface area contributed by atoms with Crippen LogP contribution in [0.3, 0.4) is 0 Å². The topological polar surface area (TPSA) is 42.3 Å². The van der Waals surface area contributed by atoms with Gasteiger partial charge in [0.05, 0.1) is 25.0 Å². The molecule has 5 heteroatoms. The number of rotatable bonds is 5. The zero-order chi connectivity index (χ0) is 13.2. The van der Waals surface area contributed by atoms with Crippen molar-refractivity contribution in [3.8, 4) is 0 Å². The zero-order valence-electron chi connectivity index (χ0n) is 11.9. The summed E-state index contributed by atoms with van der Waals surface area (Å²) < 4.78 is 7.01. The van der Waals surface area contributed by atoms with Gasteiger partial charge < -0.3 is 15.0 Å². The molecule has 1 aromatic rings. The molecule has 3 heterocycles. The molecule has 0 aromatic carbocycles. The van der Waals surface area contributed by atoms with Crippen molar-refractivity contribution >= 4 is 5.69 Å². The molecule has 0 amide bonds. The van der Waals surface area contributed by atoms with Gasteiger partial charge in [0.25, 0.3) is 0 Å². The lowest BCUT2D eigenvalue weighted by Crippen LogP contribution is -2.44. The van der Waals surface area contributed by atoms with E-state index in [1.54, 1.807) is 7.11 Å². The Balaban J connectivity index is 1.55. The molecule has 2 fully saturated rings. The maximum absolute atomic E-state index is 5.07. The molecule has 1 aromatic heterocycles. The van der Waals surface area contributed by atoms with Gasteiger partial charge in [-0.15, -0.1) is 0 Å². The smallest absolute Gasteiger partial charge is 0.0728 e. The third-order valence-corrected chi connectivity index (χ3v) is 4.63.